The van der Waals surface area contributed by atoms with Crippen LogP contribution in [0.1, 0.15) is 37.0 Å². The van der Waals surface area contributed by atoms with E-state index in [-0.39, 0.29) is 22.7 Å². The van der Waals surface area contributed by atoms with Crippen LogP contribution in [-0.2, 0) is 0 Å². The van der Waals surface area contributed by atoms with Gasteiger partial charge in [-0.2, -0.15) is 0 Å². The Bertz CT molecular complexity index is 455. The summed E-state index contributed by atoms with van der Waals surface area (Å²) in [6.07, 6.45) is 2.43. The van der Waals surface area contributed by atoms with Crippen molar-refractivity contribution < 1.29 is 9.90 Å². The van der Waals surface area contributed by atoms with Crippen LogP contribution in [0.25, 0.3) is 0 Å². The monoisotopic (exact) mass is 267 g/mol. The lowest BCUT2D eigenvalue weighted by atomic mass is 10.1. The normalized spacial score (nSPS) is 14.9. The van der Waals surface area contributed by atoms with Gasteiger partial charge < -0.3 is 10.0 Å². The molecule has 0 heterocycles. The topological polar surface area (TPSA) is 40.5 Å². The number of hydrogen-bond acceptors (Lipinski definition) is 2. The van der Waals surface area contributed by atoms with E-state index in [2.05, 4.69) is 0 Å². The maximum Gasteiger partial charge on any atom is 0.254 e. The largest absolute Gasteiger partial charge is 0.506 e. The summed E-state index contributed by atoms with van der Waals surface area (Å²) in [5.74, 6) is 0.647. The van der Waals surface area contributed by atoms with Gasteiger partial charge in [-0.15, -0.1) is 0 Å². The molecule has 1 N–H and O–H groups in total. The molecule has 1 fully saturated rings. The minimum Gasteiger partial charge on any atom is -0.506 e. The van der Waals surface area contributed by atoms with Gasteiger partial charge in [-0.1, -0.05) is 11.6 Å². The third-order valence-corrected chi connectivity index (χ3v) is 3.53. The van der Waals surface area contributed by atoms with E-state index in [1.165, 1.54) is 25.0 Å². The number of amides is 1. The van der Waals surface area contributed by atoms with E-state index >= 15 is 0 Å². The third kappa shape index (κ3) is 2.96. The molecule has 4 heteroatoms. The highest BCUT2D eigenvalue weighted by Crippen LogP contribution is 2.31. The molecule has 2 rings (SSSR count). The van der Waals surface area contributed by atoms with Crippen molar-refractivity contribution >= 4 is 17.5 Å². The number of carbonyl (C=O) groups excluding carboxylic acids is 1. The van der Waals surface area contributed by atoms with Crippen molar-refractivity contribution in [3.8, 4) is 5.75 Å². The first-order chi connectivity index (χ1) is 8.49. The Morgan fingerprint density at radius 1 is 1.50 bits per heavy atom. The standard InChI is InChI=1S/C14H18ClNO2/c1-9(2)16(8-10-3-4-10)14(18)11-5-6-13(17)12(15)7-11/h5-7,9-10,17H,3-4,8H2,1-2H3. The fourth-order valence-corrected chi connectivity index (χ4v) is 2.09. The molecule has 0 aromatic heterocycles. The Kier molecular flexibility index (Phi) is 3.81. The fraction of sp³-hybridized carbons (Fsp3) is 0.500. The number of nitrogens with zero attached hydrogens (tertiary/aromatic N) is 1. The van der Waals surface area contributed by atoms with Gasteiger partial charge in [-0.05, 0) is 50.8 Å². The minimum atomic E-state index is -0.0150. The first kappa shape index (κ1) is 13.2. The summed E-state index contributed by atoms with van der Waals surface area (Å²) in [5.41, 5.74) is 0.534. The summed E-state index contributed by atoms with van der Waals surface area (Å²) in [6.45, 7) is 4.85. The molecule has 1 aromatic rings. The Labute approximate surface area is 112 Å². The van der Waals surface area contributed by atoms with E-state index in [1.54, 1.807) is 6.07 Å². The molecule has 0 atom stereocenters. The van der Waals surface area contributed by atoms with Gasteiger partial charge in [-0.3, -0.25) is 4.79 Å². The molecule has 1 aliphatic rings. The predicted molar refractivity (Wildman–Crippen MR) is 72.0 cm³/mol. The molecule has 3 nitrogen and oxygen atoms in total. The van der Waals surface area contributed by atoms with Gasteiger partial charge in [0.25, 0.3) is 5.91 Å². The lowest BCUT2D eigenvalue weighted by Crippen LogP contribution is -2.38. The maximum atomic E-state index is 12.4. The minimum absolute atomic E-state index is 0.00602. The van der Waals surface area contributed by atoms with Crippen molar-refractivity contribution in [1.82, 2.24) is 4.90 Å². The van der Waals surface area contributed by atoms with Crippen LogP contribution in [-0.4, -0.2) is 28.5 Å². The molecule has 18 heavy (non-hydrogen) atoms. The van der Waals surface area contributed by atoms with Crippen LogP contribution in [0.4, 0.5) is 0 Å². The van der Waals surface area contributed by atoms with Crippen LogP contribution >= 0.6 is 11.6 Å². The molecule has 0 bridgehead atoms. The van der Waals surface area contributed by atoms with Crippen molar-refractivity contribution in [2.75, 3.05) is 6.54 Å². The lowest BCUT2D eigenvalue weighted by Gasteiger charge is -2.27. The fourth-order valence-electron chi connectivity index (χ4n) is 1.91. The predicted octanol–water partition coefficient (Wildman–Crippen LogP) is 3.31. The Balaban J connectivity index is 2.18. The van der Waals surface area contributed by atoms with Gasteiger partial charge in [0, 0.05) is 18.2 Å². The molecular weight excluding hydrogens is 250 g/mol. The van der Waals surface area contributed by atoms with Gasteiger partial charge in [0.2, 0.25) is 0 Å². The number of aromatic hydroxyl groups is 1. The van der Waals surface area contributed by atoms with Gasteiger partial charge in [0.1, 0.15) is 5.75 Å². The number of rotatable bonds is 4. The van der Waals surface area contributed by atoms with Gasteiger partial charge in [0.05, 0.1) is 5.02 Å². The van der Waals surface area contributed by atoms with Crippen molar-refractivity contribution in [2.24, 2.45) is 5.92 Å². The highest BCUT2D eigenvalue weighted by atomic mass is 35.5. The van der Waals surface area contributed by atoms with Crippen molar-refractivity contribution in [3.05, 3.63) is 28.8 Å². The quantitative estimate of drug-likeness (QED) is 0.909. The van der Waals surface area contributed by atoms with E-state index in [1.807, 2.05) is 18.7 Å². The zero-order valence-corrected chi connectivity index (χ0v) is 11.4. The molecular formula is C14H18ClNO2. The van der Waals surface area contributed by atoms with E-state index in [9.17, 15) is 9.90 Å². The second-order valence-electron chi connectivity index (χ2n) is 5.16. The van der Waals surface area contributed by atoms with Gasteiger partial charge >= 0.3 is 0 Å². The van der Waals surface area contributed by atoms with Gasteiger partial charge in [-0.25, -0.2) is 0 Å². The van der Waals surface area contributed by atoms with Crippen molar-refractivity contribution in [1.29, 1.82) is 0 Å². The van der Waals surface area contributed by atoms with E-state index in [0.29, 0.717) is 11.5 Å². The van der Waals surface area contributed by atoms with E-state index < -0.39 is 0 Å². The molecule has 0 saturated heterocycles. The lowest BCUT2D eigenvalue weighted by molar-refractivity contribution is 0.0696. The van der Waals surface area contributed by atoms with Crippen LogP contribution < -0.4 is 0 Å². The van der Waals surface area contributed by atoms with E-state index in [4.69, 9.17) is 11.6 Å². The first-order valence-electron chi connectivity index (χ1n) is 6.28. The molecule has 1 saturated carbocycles. The van der Waals surface area contributed by atoms with Crippen LogP contribution in [0.2, 0.25) is 5.02 Å². The Morgan fingerprint density at radius 3 is 2.67 bits per heavy atom. The van der Waals surface area contributed by atoms with Crippen molar-refractivity contribution in [2.45, 2.75) is 32.7 Å². The SMILES string of the molecule is CC(C)N(CC1CC1)C(=O)c1ccc(O)c(Cl)c1. The first-order valence-corrected chi connectivity index (χ1v) is 6.66. The number of halogens is 1. The van der Waals surface area contributed by atoms with E-state index in [0.717, 1.165) is 6.54 Å². The van der Waals surface area contributed by atoms with Crippen LogP contribution in [0.15, 0.2) is 18.2 Å². The van der Waals surface area contributed by atoms with Gasteiger partial charge in [0.15, 0.2) is 0 Å². The summed E-state index contributed by atoms with van der Waals surface area (Å²) in [6, 6.07) is 4.78. The Morgan fingerprint density at radius 2 is 2.17 bits per heavy atom. The number of phenols is 1. The summed E-state index contributed by atoms with van der Waals surface area (Å²) in [4.78, 5) is 14.3. The highest BCUT2D eigenvalue weighted by Gasteiger charge is 2.28. The highest BCUT2D eigenvalue weighted by molar-refractivity contribution is 6.32. The van der Waals surface area contributed by atoms with Crippen molar-refractivity contribution in [3.63, 3.8) is 0 Å². The average Bonchev–Trinajstić information content (AvgIpc) is 3.12. The summed E-state index contributed by atoms with van der Waals surface area (Å²) < 4.78 is 0. The number of benzene rings is 1. The molecule has 98 valence electrons. The summed E-state index contributed by atoms with van der Waals surface area (Å²) in [7, 11) is 0. The molecule has 0 spiro atoms. The van der Waals surface area contributed by atoms with Crippen LogP contribution in [0.3, 0.4) is 0 Å². The molecule has 0 aliphatic heterocycles. The zero-order chi connectivity index (χ0) is 13.3. The molecule has 1 aromatic carbocycles. The van der Waals surface area contributed by atoms with Crippen LogP contribution in [0.5, 0.6) is 5.75 Å². The smallest absolute Gasteiger partial charge is 0.254 e. The zero-order valence-electron chi connectivity index (χ0n) is 10.7. The van der Waals surface area contributed by atoms with Crippen LogP contribution in [0, 0.1) is 5.92 Å². The maximum absolute atomic E-state index is 12.4. The molecule has 1 amide bonds. The Hall–Kier alpha value is -1.22. The average molecular weight is 268 g/mol. The molecule has 1 aliphatic carbocycles. The number of hydrogen-bond donors (Lipinski definition) is 1. The molecule has 0 unspecified atom stereocenters. The molecule has 0 radical (unpaired) electrons. The third-order valence-electron chi connectivity index (χ3n) is 3.23. The number of carbonyl (C=O) groups is 1. The summed E-state index contributed by atoms with van der Waals surface area (Å²) in [5, 5.41) is 9.59. The second-order valence-corrected chi connectivity index (χ2v) is 5.57. The second kappa shape index (κ2) is 5.19. The summed E-state index contributed by atoms with van der Waals surface area (Å²) >= 11 is 5.84. The number of phenolic OH excluding ortho intramolecular Hbond substituents is 1.